The number of aromatic nitrogens is 1. The summed E-state index contributed by atoms with van der Waals surface area (Å²) in [5.74, 6) is -0.00556. The van der Waals surface area contributed by atoms with Crippen LogP contribution < -0.4 is 4.74 Å². The fourth-order valence-electron chi connectivity index (χ4n) is 0.861. The summed E-state index contributed by atoms with van der Waals surface area (Å²) in [6.45, 7) is 0. The first-order valence-electron chi connectivity index (χ1n) is 3.41. The van der Waals surface area contributed by atoms with Crippen molar-refractivity contribution in [3.05, 3.63) is 23.5 Å². The molecule has 13 heavy (non-hydrogen) atoms. The molecule has 1 aromatic rings. The molecule has 0 N–H and O–H groups in total. The van der Waals surface area contributed by atoms with E-state index in [4.69, 9.17) is 5.26 Å². The lowest BCUT2D eigenvalue weighted by Gasteiger charge is -2.06. The molecule has 1 aromatic heterocycles. The lowest BCUT2D eigenvalue weighted by Crippen LogP contribution is -1.95. The van der Waals surface area contributed by atoms with Crippen molar-refractivity contribution in [2.75, 3.05) is 7.11 Å². The van der Waals surface area contributed by atoms with Crippen LogP contribution >= 0.6 is 0 Å². The first-order valence-corrected chi connectivity index (χ1v) is 3.41. The first kappa shape index (κ1) is 9.39. The molecule has 68 valence electrons. The summed E-state index contributed by atoms with van der Waals surface area (Å²) >= 11 is 0. The molecule has 0 amide bonds. The molecule has 3 nitrogen and oxygen atoms in total. The van der Waals surface area contributed by atoms with Crippen LogP contribution in [0, 0.1) is 11.3 Å². The van der Waals surface area contributed by atoms with E-state index in [2.05, 4.69) is 9.72 Å². The standard InChI is InChI=1S/C8H6F2N2O/c1-13-7-4-12-5(3-11)2-6(7)8(9)10/h2,4,8H,1H3. The van der Waals surface area contributed by atoms with E-state index in [1.54, 1.807) is 6.07 Å². The highest BCUT2D eigenvalue weighted by atomic mass is 19.3. The van der Waals surface area contributed by atoms with Gasteiger partial charge in [-0.15, -0.1) is 0 Å². The van der Waals surface area contributed by atoms with Crippen LogP contribution in [0.3, 0.4) is 0 Å². The fourth-order valence-corrected chi connectivity index (χ4v) is 0.861. The van der Waals surface area contributed by atoms with Gasteiger partial charge in [0, 0.05) is 0 Å². The predicted molar refractivity (Wildman–Crippen MR) is 40.5 cm³/mol. The second kappa shape index (κ2) is 3.81. The summed E-state index contributed by atoms with van der Waals surface area (Å²) in [6, 6.07) is 2.69. The average Bonchev–Trinajstić information content (AvgIpc) is 2.16. The molecule has 0 saturated carbocycles. The molecule has 0 saturated heterocycles. The Morgan fingerprint density at radius 3 is 2.77 bits per heavy atom. The maximum atomic E-state index is 12.3. The van der Waals surface area contributed by atoms with Crippen molar-refractivity contribution in [2.24, 2.45) is 0 Å². The Kier molecular flexibility index (Phi) is 2.75. The molecule has 0 spiro atoms. The number of ether oxygens (including phenoxy) is 1. The monoisotopic (exact) mass is 184 g/mol. The number of alkyl halides is 2. The summed E-state index contributed by atoms with van der Waals surface area (Å²) in [5, 5.41) is 8.41. The molecule has 0 radical (unpaired) electrons. The van der Waals surface area contributed by atoms with Gasteiger partial charge in [0.05, 0.1) is 18.9 Å². The molecule has 0 aliphatic rings. The SMILES string of the molecule is COc1cnc(C#N)cc1C(F)F. The van der Waals surface area contributed by atoms with E-state index in [9.17, 15) is 8.78 Å². The van der Waals surface area contributed by atoms with Gasteiger partial charge in [0.15, 0.2) is 0 Å². The number of hydrogen-bond acceptors (Lipinski definition) is 3. The molecule has 5 heteroatoms. The Hall–Kier alpha value is -1.70. The predicted octanol–water partition coefficient (Wildman–Crippen LogP) is 1.90. The van der Waals surface area contributed by atoms with Gasteiger partial charge < -0.3 is 4.74 Å². The van der Waals surface area contributed by atoms with Crippen molar-refractivity contribution in [3.63, 3.8) is 0 Å². The zero-order chi connectivity index (χ0) is 9.84. The van der Waals surface area contributed by atoms with Crippen LogP contribution in [-0.2, 0) is 0 Å². The van der Waals surface area contributed by atoms with Crippen molar-refractivity contribution < 1.29 is 13.5 Å². The minimum Gasteiger partial charge on any atom is -0.495 e. The largest absolute Gasteiger partial charge is 0.495 e. The number of methoxy groups -OCH3 is 1. The Morgan fingerprint density at radius 1 is 1.62 bits per heavy atom. The number of hydrogen-bond donors (Lipinski definition) is 0. The van der Waals surface area contributed by atoms with E-state index in [1.165, 1.54) is 7.11 Å². The van der Waals surface area contributed by atoms with Gasteiger partial charge in [-0.3, -0.25) is 0 Å². The molecular formula is C8H6F2N2O. The summed E-state index contributed by atoms with van der Waals surface area (Å²) in [5.41, 5.74) is -0.356. The van der Waals surface area contributed by atoms with Crippen molar-refractivity contribution in [1.82, 2.24) is 4.98 Å². The number of nitriles is 1. The Bertz CT molecular complexity index is 346. The van der Waals surface area contributed by atoms with Gasteiger partial charge >= 0.3 is 0 Å². The van der Waals surface area contributed by atoms with E-state index in [-0.39, 0.29) is 17.0 Å². The van der Waals surface area contributed by atoms with Crippen LogP contribution in [0.1, 0.15) is 17.7 Å². The molecule has 0 aliphatic heterocycles. The van der Waals surface area contributed by atoms with Gasteiger partial charge in [0.1, 0.15) is 17.5 Å². The molecule has 1 rings (SSSR count). The summed E-state index contributed by atoms with van der Waals surface area (Å²) in [7, 11) is 1.27. The second-order valence-electron chi connectivity index (χ2n) is 2.22. The van der Waals surface area contributed by atoms with Gasteiger partial charge in [-0.05, 0) is 6.07 Å². The highest BCUT2D eigenvalue weighted by molar-refractivity contribution is 5.37. The van der Waals surface area contributed by atoms with Crippen LogP contribution in [0.15, 0.2) is 12.3 Å². The molecule has 0 unspecified atom stereocenters. The lowest BCUT2D eigenvalue weighted by molar-refractivity contribution is 0.147. The zero-order valence-corrected chi connectivity index (χ0v) is 6.79. The van der Waals surface area contributed by atoms with Gasteiger partial charge in [0.2, 0.25) is 0 Å². The highest BCUT2D eigenvalue weighted by Gasteiger charge is 2.14. The summed E-state index contributed by atoms with van der Waals surface area (Å²) in [4.78, 5) is 3.59. The third kappa shape index (κ3) is 1.90. The molecule has 0 aromatic carbocycles. The smallest absolute Gasteiger partial charge is 0.267 e. The topological polar surface area (TPSA) is 45.9 Å². The van der Waals surface area contributed by atoms with Gasteiger partial charge in [-0.25, -0.2) is 13.8 Å². The average molecular weight is 184 g/mol. The molecule has 0 atom stereocenters. The first-order chi connectivity index (χ1) is 6.19. The third-order valence-corrected chi connectivity index (χ3v) is 1.47. The molecule has 1 heterocycles. The van der Waals surface area contributed by atoms with Crippen molar-refractivity contribution in [2.45, 2.75) is 6.43 Å². The van der Waals surface area contributed by atoms with E-state index in [0.717, 1.165) is 12.3 Å². The van der Waals surface area contributed by atoms with Crippen LogP contribution in [0.4, 0.5) is 8.78 Å². The van der Waals surface area contributed by atoms with E-state index >= 15 is 0 Å². The summed E-state index contributed by atoms with van der Waals surface area (Å²) in [6.07, 6.45) is -1.55. The van der Waals surface area contributed by atoms with E-state index in [1.807, 2.05) is 0 Å². The van der Waals surface area contributed by atoms with E-state index < -0.39 is 6.43 Å². The van der Waals surface area contributed by atoms with Crippen molar-refractivity contribution in [3.8, 4) is 11.8 Å². The Balaban J connectivity index is 3.20. The number of nitrogens with zero attached hydrogens (tertiary/aromatic N) is 2. The molecule has 0 aliphatic carbocycles. The number of pyridine rings is 1. The number of rotatable bonds is 2. The third-order valence-electron chi connectivity index (χ3n) is 1.47. The van der Waals surface area contributed by atoms with Crippen LogP contribution in [0.5, 0.6) is 5.75 Å². The van der Waals surface area contributed by atoms with Gasteiger partial charge in [-0.1, -0.05) is 0 Å². The lowest BCUT2D eigenvalue weighted by atomic mass is 10.2. The quantitative estimate of drug-likeness (QED) is 0.705. The highest BCUT2D eigenvalue weighted by Crippen LogP contribution is 2.28. The van der Waals surface area contributed by atoms with Gasteiger partial charge in [0.25, 0.3) is 6.43 Å². The van der Waals surface area contributed by atoms with Crippen molar-refractivity contribution in [1.29, 1.82) is 5.26 Å². The Labute approximate surface area is 73.6 Å². The molecule has 0 fully saturated rings. The maximum absolute atomic E-state index is 12.3. The Morgan fingerprint density at radius 2 is 2.31 bits per heavy atom. The van der Waals surface area contributed by atoms with Crippen LogP contribution in [0.25, 0.3) is 0 Å². The van der Waals surface area contributed by atoms with Crippen molar-refractivity contribution >= 4 is 0 Å². The summed E-state index contributed by atoms with van der Waals surface area (Å²) < 4.78 is 29.3. The maximum Gasteiger partial charge on any atom is 0.267 e. The zero-order valence-electron chi connectivity index (χ0n) is 6.79. The normalized spacial score (nSPS) is 9.77. The van der Waals surface area contributed by atoms with E-state index in [0.29, 0.717) is 0 Å². The minimum absolute atomic E-state index is 0.00556. The number of halogens is 2. The van der Waals surface area contributed by atoms with Crippen LogP contribution in [0.2, 0.25) is 0 Å². The van der Waals surface area contributed by atoms with Crippen LogP contribution in [-0.4, -0.2) is 12.1 Å². The molecule has 0 bridgehead atoms. The second-order valence-corrected chi connectivity index (χ2v) is 2.22. The molecular weight excluding hydrogens is 178 g/mol. The fraction of sp³-hybridized carbons (Fsp3) is 0.250. The van der Waals surface area contributed by atoms with Gasteiger partial charge in [-0.2, -0.15) is 5.26 Å². The minimum atomic E-state index is -2.66.